The lowest BCUT2D eigenvalue weighted by atomic mass is 9.89. The lowest BCUT2D eigenvalue weighted by Crippen LogP contribution is -2.34. The third kappa shape index (κ3) is 6.03. The molecule has 4 nitrogen and oxygen atoms in total. The Hall–Kier alpha value is -0.610. The first kappa shape index (κ1) is 14.5. The average Bonchev–Trinajstić information content (AvgIpc) is 2.76. The van der Waals surface area contributed by atoms with E-state index in [-0.39, 0.29) is 17.9 Å². The Morgan fingerprint density at radius 1 is 1.53 bits per heavy atom. The second kappa shape index (κ2) is 6.97. The van der Waals surface area contributed by atoms with Gasteiger partial charge in [-0.1, -0.05) is 13.8 Å². The standard InChI is InChI=1S/C13H26N2O2/c1-13(2,6-8-16)10-15-12(17)4-3-11-5-7-14-9-11/h11,14,16H,3-10H2,1-2H3,(H,15,17). The number of carbonyl (C=O) groups excluding carboxylic acids is 1. The van der Waals surface area contributed by atoms with E-state index in [2.05, 4.69) is 24.5 Å². The summed E-state index contributed by atoms with van der Waals surface area (Å²) < 4.78 is 0. The Bertz CT molecular complexity index is 236. The third-order valence-corrected chi connectivity index (χ3v) is 3.49. The minimum Gasteiger partial charge on any atom is -0.396 e. The highest BCUT2D eigenvalue weighted by atomic mass is 16.3. The van der Waals surface area contributed by atoms with Gasteiger partial charge in [-0.15, -0.1) is 0 Å². The molecule has 1 aliphatic rings. The van der Waals surface area contributed by atoms with Gasteiger partial charge in [0.2, 0.25) is 5.91 Å². The van der Waals surface area contributed by atoms with Crippen LogP contribution in [0.2, 0.25) is 0 Å². The summed E-state index contributed by atoms with van der Waals surface area (Å²) in [6.07, 6.45) is 3.53. The van der Waals surface area contributed by atoms with Gasteiger partial charge in [0.05, 0.1) is 0 Å². The number of aliphatic hydroxyl groups is 1. The summed E-state index contributed by atoms with van der Waals surface area (Å²) in [6.45, 7) is 7.10. The summed E-state index contributed by atoms with van der Waals surface area (Å²) >= 11 is 0. The van der Waals surface area contributed by atoms with E-state index in [9.17, 15) is 4.79 Å². The molecule has 0 radical (unpaired) electrons. The van der Waals surface area contributed by atoms with Crippen molar-refractivity contribution in [1.82, 2.24) is 10.6 Å². The van der Waals surface area contributed by atoms with Crippen molar-refractivity contribution in [2.24, 2.45) is 11.3 Å². The molecule has 1 rings (SSSR count). The van der Waals surface area contributed by atoms with Crippen molar-refractivity contribution in [2.75, 3.05) is 26.2 Å². The highest BCUT2D eigenvalue weighted by Crippen LogP contribution is 2.18. The first-order valence-electron chi connectivity index (χ1n) is 6.62. The molecule has 17 heavy (non-hydrogen) atoms. The Morgan fingerprint density at radius 3 is 2.88 bits per heavy atom. The van der Waals surface area contributed by atoms with Crippen LogP contribution in [0, 0.1) is 11.3 Å². The monoisotopic (exact) mass is 242 g/mol. The highest BCUT2D eigenvalue weighted by molar-refractivity contribution is 5.75. The fourth-order valence-electron chi connectivity index (χ4n) is 2.11. The summed E-state index contributed by atoms with van der Waals surface area (Å²) in [5, 5.41) is 15.2. The van der Waals surface area contributed by atoms with E-state index in [1.165, 1.54) is 6.42 Å². The number of rotatable bonds is 7. The molecular weight excluding hydrogens is 216 g/mol. The Morgan fingerprint density at radius 2 is 2.29 bits per heavy atom. The van der Waals surface area contributed by atoms with Crippen LogP contribution in [0.5, 0.6) is 0 Å². The van der Waals surface area contributed by atoms with Crippen molar-refractivity contribution in [3.63, 3.8) is 0 Å². The molecular formula is C13H26N2O2. The van der Waals surface area contributed by atoms with Gasteiger partial charge >= 0.3 is 0 Å². The number of aliphatic hydroxyl groups excluding tert-OH is 1. The van der Waals surface area contributed by atoms with E-state index < -0.39 is 0 Å². The molecule has 0 aromatic carbocycles. The predicted molar refractivity (Wildman–Crippen MR) is 68.7 cm³/mol. The maximum absolute atomic E-state index is 11.7. The van der Waals surface area contributed by atoms with Crippen LogP contribution in [-0.2, 0) is 4.79 Å². The zero-order valence-electron chi connectivity index (χ0n) is 11.1. The topological polar surface area (TPSA) is 61.4 Å². The van der Waals surface area contributed by atoms with Gasteiger partial charge in [0.15, 0.2) is 0 Å². The fourth-order valence-corrected chi connectivity index (χ4v) is 2.11. The zero-order valence-corrected chi connectivity index (χ0v) is 11.1. The zero-order chi connectivity index (χ0) is 12.7. The smallest absolute Gasteiger partial charge is 0.220 e. The molecule has 100 valence electrons. The summed E-state index contributed by atoms with van der Waals surface area (Å²) in [4.78, 5) is 11.7. The van der Waals surface area contributed by atoms with Crippen LogP contribution in [0.4, 0.5) is 0 Å². The minimum absolute atomic E-state index is 0.0146. The molecule has 0 aromatic rings. The minimum atomic E-state index is -0.0146. The molecule has 0 bridgehead atoms. The quantitative estimate of drug-likeness (QED) is 0.621. The lowest BCUT2D eigenvalue weighted by molar-refractivity contribution is -0.121. The molecule has 0 saturated carbocycles. The van der Waals surface area contributed by atoms with Crippen molar-refractivity contribution in [1.29, 1.82) is 0 Å². The summed E-state index contributed by atoms with van der Waals surface area (Å²) in [7, 11) is 0. The number of carbonyl (C=O) groups is 1. The van der Waals surface area contributed by atoms with Gasteiger partial charge in [-0.2, -0.15) is 0 Å². The molecule has 1 unspecified atom stereocenters. The van der Waals surface area contributed by atoms with E-state index in [0.29, 0.717) is 18.9 Å². The van der Waals surface area contributed by atoms with Crippen LogP contribution in [0.25, 0.3) is 0 Å². The van der Waals surface area contributed by atoms with Gasteiger partial charge in [-0.3, -0.25) is 4.79 Å². The molecule has 0 aromatic heterocycles. The molecule has 1 aliphatic heterocycles. The van der Waals surface area contributed by atoms with Gasteiger partial charge in [-0.25, -0.2) is 0 Å². The van der Waals surface area contributed by atoms with E-state index in [0.717, 1.165) is 25.9 Å². The van der Waals surface area contributed by atoms with Crippen molar-refractivity contribution in [2.45, 2.75) is 39.5 Å². The van der Waals surface area contributed by atoms with Gasteiger partial charge in [0, 0.05) is 19.6 Å². The first-order valence-corrected chi connectivity index (χ1v) is 6.62. The third-order valence-electron chi connectivity index (χ3n) is 3.49. The van der Waals surface area contributed by atoms with Crippen LogP contribution in [0.1, 0.15) is 39.5 Å². The van der Waals surface area contributed by atoms with Crippen LogP contribution < -0.4 is 10.6 Å². The molecule has 1 atom stereocenters. The number of nitrogens with one attached hydrogen (secondary N) is 2. The largest absolute Gasteiger partial charge is 0.396 e. The summed E-state index contributed by atoms with van der Waals surface area (Å²) in [5.74, 6) is 0.814. The highest BCUT2D eigenvalue weighted by Gasteiger charge is 2.19. The van der Waals surface area contributed by atoms with E-state index in [4.69, 9.17) is 5.11 Å². The van der Waals surface area contributed by atoms with E-state index in [1.807, 2.05) is 0 Å². The Labute approximate surface area is 104 Å². The van der Waals surface area contributed by atoms with Gasteiger partial charge in [0.25, 0.3) is 0 Å². The SMILES string of the molecule is CC(C)(CCO)CNC(=O)CCC1CCNC1. The van der Waals surface area contributed by atoms with Gasteiger partial charge in [0.1, 0.15) is 0 Å². The summed E-state index contributed by atoms with van der Waals surface area (Å²) in [6, 6.07) is 0. The maximum Gasteiger partial charge on any atom is 0.220 e. The van der Waals surface area contributed by atoms with Gasteiger partial charge in [-0.05, 0) is 43.7 Å². The van der Waals surface area contributed by atoms with Crippen molar-refractivity contribution in [3.8, 4) is 0 Å². The molecule has 1 heterocycles. The lowest BCUT2D eigenvalue weighted by Gasteiger charge is -2.23. The summed E-state index contributed by atoms with van der Waals surface area (Å²) in [5.41, 5.74) is -0.0146. The van der Waals surface area contributed by atoms with Crippen LogP contribution in [0.3, 0.4) is 0 Å². The van der Waals surface area contributed by atoms with Crippen molar-refractivity contribution >= 4 is 5.91 Å². The first-order chi connectivity index (χ1) is 8.03. The molecule has 1 fully saturated rings. The normalized spacial score (nSPS) is 20.5. The maximum atomic E-state index is 11.7. The van der Waals surface area contributed by atoms with Crippen LogP contribution in [-0.4, -0.2) is 37.3 Å². The van der Waals surface area contributed by atoms with E-state index >= 15 is 0 Å². The van der Waals surface area contributed by atoms with Crippen LogP contribution in [0.15, 0.2) is 0 Å². The number of amides is 1. The molecule has 4 heteroatoms. The molecule has 1 amide bonds. The molecule has 0 spiro atoms. The molecule has 1 saturated heterocycles. The predicted octanol–water partition coefficient (Wildman–Crippen LogP) is 0.901. The second-order valence-electron chi connectivity index (χ2n) is 5.81. The average molecular weight is 242 g/mol. The van der Waals surface area contributed by atoms with Crippen molar-refractivity contribution < 1.29 is 9.90 Å². The molecule has 3 N–H and O–H groups in total. The van der Waals surface area contributed by atoms with Crippen molar-refractivity contribution in [3.05, 3.63) is 0 Å². The Kier molecular flexibility index (Phi) is 5.92. The fraction of sp³-hybridized carbons (Fsp3) is 0.923. The number of hydrogen-bond acceptors (Lipinski definition) is 3. The van der Waals surface area contributed by atoms with Gasteiger partial charge < -0.3 is 15.7 Å². The van der Waals surface area contributed by atoms with Crippen LogP contribution >= 0.6 is 0 Å². The second-order valence-corrected chi connectivity index (χ2v) is 5.81. The van der Waals surface area contributed by atoms with E-state index in [1.54, 1.807) is 0 Å². The Balaban J connectivity index is 2.11. The molecule has 0 aliphatic carbocycles. The number of hydrogen-bond donors (Lipinski definition) is 3.